The van der Waals surface area contributed by atoms with Gasteiger partial charge in [-0.25, -0.2) is 4.98 Å². The maximum absolute atomic E-state index is 12.0. The average Bonchev–Trinajstić information content (AvgIpc) is 2.97. The van der Waals surface area contributed by atoms with Gasteiger partial charge in [0.05, 0.1) is 37.7 Å². The summed E-state index contributed by atoms with van der Waals surface area (Å²) in [7, 11) is 3.54. The zero-order valence-electron chi connectivity index (χ0n) is 14.4. The molecule has 0 fully saturated rings. The van der Waals surface area contributed by atoms with Crippen LogP contribution in [0.25, 0.3) is 11.0 Å². The lowest BCUT2D eigenvalue weighted by atomic mass is 10.3. The van der Waals surface area contributed by atoms with Gasteiger partial charge in [0.25, 0.3) is 0 Å². The second kappa shape index (κ2) is 7.70. The predicted molar refractivity (Wildman–Crippen MR) is 95.7 cm³/mol. The van der Waals surface area contributed by atoms with Gasteiger partial charge in [-0.15, -0.1) is 0 Å². The summed E-state index contributed by atoms with van der Waals surface area (Å²) in [6, 6.07) is 15.3. The number of fused-ring (bicyclic) bond motifs is 1. The number of para-hydroxylation sites is 4. The van der Waals surface area contributed by atoms with Crippen LogP contribution in [0.1, 0.15) is 12.2 Å². The molecular formula is C19H21N3O3. The van der Waals surface area contributed by atoms with E-state index in [1.165, 1.54) is 0 Å². The Bertz CT molecular complexity index is 873. The number of hydrogen-bond acceptors (Lipinski definition) is 4. The number of nitrogens with one attached hydrogen (secondary N) is 1. The first kappa shape index (κ1) is 16.8. The van der Waals surface area contributed by atoms with Crippen molar-refractivity contribution in [2.75, 3.05) is 13.7 Å². The highest BCUT2D eigenvalue weighted by Crippen LogP contribution is 2.25. The molecule has 0 aliphatic carbocycles. The lowest BCUT2D eigenvalue weighted by molar-refractivity contribution is -0.121. The van der Waals surface area contributed by atoms with Gasteiger partial charge in [-0.3, -0.25) is 4.79 Å². The van der Waals surface area contributed by atoms with Crippen LogP contribution >= 0.6 is 0 Å². The number of methoxy groups -OCH3 is 1. The minimum absolute atomic E-state index is 0.0815. The van der Waals surface area contributed by atoms with E-state index in [4.69, 9.17) is 9.47 Å². The van der Waals surface area contributed by atoms with E-state index in [-0.39, 0.29) is 18.9 Å². The van der Waals surface area contributed by atoms with Gasteiger partial charge < -0.3 is 19.4 Å². The Balaban J connectivity index is 1.50. The standard InChI is InChI=1S/C19H21N3O3/c1-22-15-8-4-3-7-14(15)21-18(22)13-20-19(23)11-12-25-17-10-6-5-9-16(17)24-2/h3-10H,11-13H2,1-2H3,(H,20,23). The number of carbonyl (C=O) groups is 1. The second-order valence-electron chi connectivity index (χ2n) is 5.60. The second-order valence-corrected chi connectivity index (χ2v) is 5.60. The summed E-state index contributed by atoms with van der Waals surface area (Å²) < 4.78 is 12.8. The van der Waals surface area contributed by atoms with E-state index in [1.54, 1.807) is 7.11 Å². The van der Waals surface area contributed by atoms with Crippen molar-refractivity contribution in [2.45, 2.75) is 13.0 Å². The molecule has 25 heavy (non-hydrogen) atoms. The maximum Gasteiger partial charge on any atom is 0.223 e. The molecule has 6 nitrogen and oxygen atoms in total. The van der Waals surface area contributed by atoms with Gasteiger partial charge in [0.1, 0.15) is 5.82 Å². The first-order valence-electron chi connectivity index (χ1n) is 8.12. The first-order chi connectivity index (χ1) is 12.2. The highest BCUT2D eigenvalue weighted by Gasteiger charge is 2.09. The highest BCUT2D eigenvalue weighted by molar-refractivity contribution is 5.77. The lowest BCUT2D eigenvalue weighted by Gasteiger charge is -2.10. The van der Waals surface area contributed by atoms with Crippen molar-refractivity contribution >= 4 is 16.9 Å². The zero-order valence-corrected chi connectivity index (χ0v) is 14.4. The lowest BCUT2D eigenvalue weighted by Crippen LogP contribution is -2.25. The Morgan fingerprint density at radius 3 is 2.60 bits per heavy atom. The van der Waals surface area contributed by atoms with Crippen molar-refractivity contribution in [3.63, 3.8) is 0 Å². The van der Waals surface area contributed by atoms with Crippen molar-refractivity contribution in [3.8, 4) is 11.5 Å². The summed E-state index contributed by atoms with van der Waals surface area (Å²) in [5, 5.41) is 2.88. The van der Waals surface area contributed by atoms with E-state index < -0.39 is 0 Å². The van der Waals surface area contributed by atoms with E-state index in [2.05, 4.69) is 10.3 Å². The number of ether oxygens (including phenoxy) is 2. The fourth-order valence-electron chi connectivity index (χ4n) is 2.61. The van der Waals surface area contributed by atoms with Gasteiger partial charge in [-0.1, -0.05) is 24.3 Å². The molecule has 0 aliphatic heterocycles. The van der Waals surface area contributed by atoms with Crippen LogP contribution in [0.2, 0.25) is 0 Å². The van der Waals surface area contributed by atoms with Gasteiger partial charge in [0, 0.05) is 7.05 Å². The van der Waals surface area contributed by atoms with Crippen molar-refractivity contribution in [2.24, 2.45) is 7.05 Å². The highest BCUT2D eigenvalue weighted by atomic mass is 16.5. The van der Waals surface area contributed by atoms with Gasteiger partial charge in [0.15, 0.2) is 11.5 Å². The Hall–Kier alpha value is -3.02. The van der Waals surface area contributed by atoms with Crippen LogP contribution in [0, 0.1) is 0 Å². The molecular weight excluding hydrogens is 318 g/mol. The Kier molecular flexibility index (Phi) is 5.18. The van der Waals surface area contributed by atoms with E-state index in [0.717, 1.165) is 16.9 Å². The van der Waals surface area contributed by atoms with Crippen molar-refractivity contribution < 1.29 is 14.3 Å². The van der Waals surface area contributed by atoms with E-state index in [1.807, 2.05) is 60.1 Å². The summed E-state index contributed by atoms with van der Waals surface area (Å²) in [5.41, 5.74) is 1.97. The third kappa shape index (κ3) is 3.91. The molecule has 0 spiro atoms. The minimum Gasteiger partial charge on any atom is -0.493 e. The number of nitrogens with zero attached hydrogens (tertiary/aromatic N) is 2. The van der Waals surface area contributed by atoms with Crippen LogP contribution in [0.5, 0.6) is 11.5 Å². The first-order valence-corrected chi connectivity index (χ1v) is 8.12. The fraction of sp³-hybridized carbons (Fsp3) is 0.263. The number of amides is 1. The molecule has 0 saturated carbocycles. The predicted octanol–water partition coefficient (Wildman–Crippen LogP) is 2.67. The zero-order chi connectivity index (χ0) is 17.6. The molecule has 0 aliphatic rings. The molecule has 1 aromatic heterocycles. The molecule has 6 heteroatoms. The number of hydrogen-bond donors (Lipinski definition) is 1. The van der Waals surface area contributed by atoms with E-state index >= 15 is 0 Å². The largest absolute Gasteiger partial charge is 0.493 e. The summed E-state index contributed by atoms with van der Waals surface area (Å²) >= 11 is 0. The minimum atomic E-state index is -0.0815. The molecule has 0 unspecified atom stereocenters. The smallest absolute Gasteiger partial charge is 0.223 e. The molecule has 2 aromatic carbocycles. The normalized spacial score (nSPS) is 10.6. The number of carbonyl (C=O) groups excluding carboxylic acids is 1. The monoisotopic (exact) mass is 339 g/mol. The quantitative estimate of drug-likeness (QED) is 0.719. The molecule has 0 radical (unpaired) electrons. The van der Waals surface area contributed by atoms with Crippen LogP contribution in [0.3, 0.4) is 0 Å². The van der Waals surface area contributed by atoms with Crippen molar-refractivity contribution in [1.29, 1.82) is 0 Å². The number of benzene rings is 2. The third-order valence-corrected chi connectivity index (χ3v) is 3.98. The van der Waals surface area contributed by atoms with Gasteiger partial charge in [-0.2, -0.15) is 0 Å². The number of rotatable bonds is 7. The molecule has 130 valence electrons. The van der Waals surface area contributed by atoms with Gasteiger partial charge in [0.2, 0.25) is 5.91 Å². The topological polar surface area (TPSA) is 65.4 Å². The number of aryl methyl sites for hydroxylation is 1. The average molecular weight is 339 g/mol. The van der Waals surface area contributed by atoms with Crippen LogP contribution < -0.4 is 14.8 Å². The summed E-state index contributed by atoms with van der Waals surface area (Å²) in [6.07, 6.45) is 0.266. The molecule has 3 rings (SSSR count). The third-order valence-electron chi connectivity index (χ3n) is 3.98. The van der Waals surface area contributed by atoms with Crippen molar-refractivity contribution in [3.05, 3.63) is 54.4 Å². The van der Waals surface area contributed by atoms with E-state index in [0.29, 0.717) is 18.0 Å². The molecule has 1 amide bonds. The van der Waals surface area contributed by atoms with Crippen LogP contribution in [0.15, 0.2) is 48.5 Å². The SMILES string of the molecule is COc1ccccc1OCCC(=O)NCc1nc2ccccc2n1C. The summed E-state index contributed by atoms with van der Waals surface area (Å²) in [4.78, 5) is 16.6. The van der Waals surface area contributed by atoms with Gasteiger partial charge >= 0.3 is 0 Å². The van der Waals surface area contributed by atoms with Crippen molar-refractivity contribution in [1.82, 2.24) is 14.9 Å². The molecule has 0 bridgehead atoms. The molecule has 0 atom stereocenters. The summed E-state index contributed by atoms with van der Waals surface area (Å²) in [5.74, 6) is 2.03. The molecule has 0 saturated heterocycles. The van der Waals surface area contributed by atoms with E-state index in [9.17, 15) is 4.79 Å². The number of imidazole rings is 1. The fourth-order valence-corrected chi connectivity index (χ4v) is 2.61. The molecule has 1 heterocycles. The van der Waals surface area contributed by atoms with Crippen LogP contribution in [0.4, 0.5) is 0 Å². The van der Waals surface area contributed by atoms with Crippen LogP contribution in [-0.4, -0.2) is 29.2 Å². The Morgan fingerprint density at radius 1 is 1.12 bits per heavy atom. The Labute approximate surface area is 146 Å². The molecule has 3 aromatic rings. The summed E-state index contributed by atoms with van der Waals surface area (Å²) in [6.45, 7) is 0.674. The number of aromatic nitrogens is 2. The van der Waals surface area contributed by atoms with Crippen LogP contribution in [-0.2, 0) is 18.4 Å². The maximum atomic E-state index is 12.0. The Morgan fingerprint density at radius 2 is 1.84 bits per heavy atom. The van der Waals surface area contributed by atoms with Gasteiger partial charge in [-0.05, 0) is 24.3 Å². The molecule has 1 N–H and O–H groups in total.